The third kappa shape index (κ3) is 21.3. The summed E-state index contributed by atoms with van der Waals surface area (Å²) in [5.74, 6) is 0.946. The number of hydrogen-bond acceptors (Lipinski definition) is 0. The Kier molecular flexibility index (Phi) is 21.6. The molecule has 0 aromatic heterocycles. The van der Waals surface area contributed by atoms with E-state index in [1.54, 1.807) is 0 Å². The zero-order valence-electron chi connectivity index (χ0n) is 5.28. The Morgan fingerprint density at radius 2 is 1.43 bits per heavy atom. The molecule has 0 saturated heterocycles. The lowest BCUT2D eigenvalue weighted by Gasteiger charge is -1.90. The summed E-state index contributed by atoms with van der Waals surface area (Å²) in [5, 5.41) is 1.44. The lowest BCUT2D eigenvalue weighted by molar-refractivity contribution is 0.735. The molecule has 0 unspecified atom stereocenters. The number of rotatable bonds is 1. The van der Waals surface area contributed by atoms with Crippen LogP contribution in [-0.2, 0) is 0 Å². The van der Waals surface area contributed by atoms with Crippen molar-refractivity contribution >= 4 is 16.3 Å². The Hall–Kier alpha value is 0.452. The molecular weight excluding hydrogens is 107 g/mol. The van der Waals surface area contributed by atoms with Gasteiger partial charge in [-0.25, -0.2) is 0 Å². The van der Waals surface area contributed by atoms with E-state index in [1.807, 2.05) is 0 Å². The molecule has 0 aliphatic rings. The van der Waals surface area contributed by atoms with E-state index in [4.69, 9.17) is 0 Å². The van der Waals surface area contributed by atoms with Crippen LogP contribution >= 0.6 is 0 Å². The Morgan fingerprint density at radius 3 is 1.43 bits per heavy atom. The highest BCUT2D eigenvalue weighted by Gasteiger charge is 1.80. The van der Waals surface area contributed by atoms with Gasteiger partial charge in [0.05, 0.1) is 0 Å². The van der Waals surface area contributed by atoms with Gasteiger partial charge in [0.25, 0.3) is 0 Å². The minimum atomic E-state index is 0. The molecule has 0 spiro atoms. The molecule has 0 aliphatic carbocycles. The van der Waals surface area contributed by atoms with Crippen molar-refractivity contribution in [1.82, 2.24) is 0 Å². The molecule has 7 heavy (non-hydrogen) atoms. The van der Waals surface area contributed by atoms with Gasteiger partial charge in [0, 0.05) is 0 Å². The SMILES string of the molecule is CC(C)[CH2][AlH2].O.O. The molecule has 0 fully saturated rings. The maximum absolute atomic E-state index is 2.26. The molecule has 0 bridgehead atoms. The van der Waals surface area contributed by atoms with Crippen molar-refractivity contribution in [1.29, 1.82) is 0 Å². The highest BCUT2D eigenvalue weighted by molar-refractivity contribution is 6.08. The minimum Gasteiger partial charge on any atom is -0.412 e. The van der Waals surface area contributed by atoms with Crippen molar-refractivity contribution in [2.75, 3.05) is 0 Å². The molecule has 0 amide bonds. The summed E-state index contributed by atoms with van der Waals surface area (Å²) >= 11 is 1.37. The summed E-state index contributed by atoms with van der Waals surface area (Å²) in [4.78, 5) is 0. The molecule has 2 nitrogen and oxygen atoms in total. The van der Waals surface area contributed by atoms with E-state index >= 15 is 0 Å². The first-order chi connectivity index (χ1) is 2.27. The lowest BCUT2D eigenvalue weighted by Crippen LogP contribution is -1.80. The Labute approximate surface area is 53.0 Å². The van der Waals surface area contributed by atoms with E-state index in [2.05, 4.69) is 13.8 Å². The van der Waals surface area contributed by atoms with Gasteiger partial charge in [-0.1, -0.05) is 25.0 Å². The molecule has 3 heteroatoms. The third-order valence-corrected chi connectivity index (χ3v) is 2.45. The molecule has 0 aliphatic heterocycles. The van der Waals surface area contributed by atoms with E-state index in [9.17, 15) is 0 Å². The minimum absolute atomic E-state index is 0. The van der Waals surface area contributed by atoms with Crippen molar-refractivity contribution in [3.8, 4) is 0 Å². The summed E-state index contributed by atoms with van der Waals surface area (Å²) in [7, 11) is 0. The van der Waals surface area contributed by atoms with Gasteiger partial charge in [-0.3, -0.25) is 0 Å². The molecule has 46 valence electrons. The van der Waals surface area contributed by atoms with Crippen LogP contribution in [-0.4, -0.2) is 27.2 Å². The van der Waals surface area contributed by atoms with Crippen LogP contribution in [0, 0.1) is 5.92 Å². The molecule has 0 saturated carbocycles. The largest absolute Gasteiger partial charge is 0.412 e. The van der Waals surface area contributed by atoms with Gasteiger partial charge in [0.2, 0.25) is 16.3 Å². The first-order valence-electron chi connectivity index (χ1n) is 2.27. The Balaban J connectivity index is -0.0000000800. The second kappa shape index (κ2) is 9.68. The zero-order valence-corrected chi connectivity index (χ0v) is 7.28. The van der Waals surface area contributed by atoms with Crippen LogP contribution in [0.25, 0.3) is 0 Å². The van der Waals surface area contributed by atoms with E-state index in [1.165, 1.54) is 21.6 Å². The Bertz CT molecular complexity index is 23.7. The van der Waals surface area contributed by atoms with Gasteiger partial charge in [0.1, 0.15) is 0 Å². The zero-order chi connectivity index (χ0) is 4.28. The average Bonchev–Trinajstić information content (AvgIpc) is 1.38. The molecule has 0 heterocycles. The van der Waals surface area contributed by atoms with Gasteiger partial charge in [0.15, 0.2) is 0 Å². The standard InChI is InChI=1S/C4H9.Al.2H2O.2H/c1-4(2)3;;;;;/h4H,1H2,2-3H3;;2*1H2;;. The predicted molar refractivity (Wildman–Crippen MR) is 35.4 cm³/mol. The van der Waals surface area contributed by atoms with Gasteiger partial charge >= 0.3 is 0 Å². The fourth-order valence-corrected chi connectivity index (χ4v) is 0. The summed E-state index contributed by atoms with van der Waals surface area (Å²) in [5.41, 5.74) is 0. The molecule has 0 aromatic carbocycles. The van der Waals surface area contributed by atoms with Crippen molar-refractivity contribution in [2.24, 2.45) is 5.92 Å². The van der Waals surface area contributed by atoms with Crippen LogP contribution < -0.4 is 0 Å². The van der Waals surface area contributed by atoms with E-state index in [0.717, 1.165) is 5.92 Å². The molecule has 4 N–H and O–H groups in total. The van der Waals surface area contributed by atoms with Crippen LogP contribution in [0.1, 0.15) is 13.8 Å². The second-order valence-electron chi connectivity index (χ2n) is 1.80. The predicted octanol–water partition coefficient (Wildman–Crippen LogP) is -0.956. The first kappa shape index (κ1) is 15.7. The molecule has 0 aromatic rings. The van der Waals surface area contributed by atoms with Crippen molar-refractivity contribution in [3.05, 3.63) is 0 Å². The van der Waals surface area contributed by atoms with Crippen LogP contribution in [0.15, 0.2) is 0 Å². The fraction of sp³-hybridized carbons (Fsp3) is 1.00. The maximum Gasteiger partial charge on any atom is 0.212 e. The van der Waals surface area contributed by atoms with Gasteiger partial charge in [-0.2, -0.15) is 0 Å². The molecule has 0 atom stereocenters. The van der Waals surface area contributed by atoms with Gasteiger partial charge in [-0.15, -0.1) is 0 Å². The third-order valence-electron chi connectivity index (χ3n) is 0.816. The van der Waals surface area contributed by atoms with E-state index in [0.29, 0.717) is 0 Å². The average molecular weight is 122 g/mol. The first-order valence-corrected chi connectivity index (χ1v) is 3.68. The molecule has 0 rings (SSSR count). The summed E-state index contributed by atoms with van der Waals surface area (Å²) in [6.45, 7) is 4.51. The van der Waals surface area contributed by atoms with Crippen molar-refractivity contribution in [2.45, 2.75) is 19.1 Å². The van der Waals surface area contributed by atoms with Crippen molar-refractivity contribution < 1.29 is 11.0 Å². The van der Waals surface area contributed by atoms with E-state index in [-0.39, 0.29) is 11.0 Å². The molecule has 0 radical (unpaired) electrons. The quantitative estimate of drug-likeness (QED) is 0.402. The highest BCUT2D eigenvalue weighted by Crippen LogP contribution is 1.92. The summed E-state index contributed by atoms with van der Waals surface area (Å²) < 4.78 is 0. The summed E-state index contributed by atoms with van der Waals surface area (Å²) in [6, 6.07) is 0. The topological polar surface area (TPSA) is 63.0 Å². The van der Waals surface area contributed by atoms with Crippen molar-refractivity contribution in [3.63, 3.8) is 0 Å². The second-order valence-corrected chi connectivity index (χ2v) is 2.62. The summed E-state index contributed by atoms with van der Waals surface area (Å²) in [6.07, 6.45) is 0. The van der Waals surface area contributed by atoms with Gasteiger partial charge in [-0.05, 0) is 0 Å². The van der Waals surface area contributed by atoms with E-state index < -0.39 is 0 Å². The van der Waals surface area contributed by atoms with Crippen LogP contribution in [0.3, 0.4) is 0 Å². The molecular formula is C4H15AlO2. The maximum atomic E-state index is 2.26. The lowest BCUT2D eigenvalue weighted by atomic mass is 10.3. The Morgan fingerprint density at radius 1 is 1.29 bits per heavy atom. The normalized spacial score (nSPS) is 6.71. The fourth-order valence-electron chi connectivity index (χ4n) is 0. The number of hydrogen-bond donors (Lipinski definition) is 0. The smallest absolute Gasteiger partial charge is 0.212 e. The van der Waals surface area contributed by atoms with Crippen LogP contribution in [0.4, 0.5) is 0 Å². The van der Waals surface area contributed by atoms with Crippen LogP contribution in [0.2, 0.25) is 5.28 Å². The monoisotopic (exact) mass is 122 g/mol. The van der Waals surface area contributed by atoms with Crippen LogP contribution in [0.5, 0.6) is 0 Å². The van der Waals surface area contributed by atoms with Gasteiger partial charge < -0.3 is 11.0 Å². The highest BCUT2D eigenvalue weighted by atomic mass is 27.0.